The Morgan fingerprint density at radius 2 is 0.872 bits per heavy atom. The molecule has 0 amide bonds. The summed E-state index contributed by atoms with van der Waals surface area (Å²) in [5.41, 5.74) is 10.1. The number of nitrogens with one attached hydrogen (secondary N) is 2. The van der Waals surface area contributed by atoms with E-state index in [-0.39, 0.29) is 5.92 Å². The molecule has 0 aliphatic carbocycles. The molecule has 0 saturated heterocycles. The third-order valence-corrected chi connectivity index (χ3v) is 7.91. The Balaban J connectivity index is 1.65. The fourth-order valence-electron chi connectivity index (χ4n) is 5.76. The van der Waals surface area contributed by atoms with Gasteiger partial charge < -0.3 is 9.97 Å². The molecule has 7 rings (SSSR count). The molecule has 0 saturated carbocycles. The molecule has 2 heterocycles. The van der Waals surface area contributed by atoms with Gasteiger partial charge in [0.05, 0.1) is 11.4 Å². The lowest BCUT2D eigenvalue weighted by molar-refractivity contribution is 1.00. The van der Waals surface area contributed by atoms with Crippen LogP contribution >= 0.6 is 23.2 Å². The van der Waals surface area contributed by atoms with E-state index in [1.807, 2.05) is 24.3 Å². The summed E-state index contributed by atoms with van der Waals surface area (Å²) in [5.74, 6) is -0.115. The van der Waals surface area contributed by atoms with E-state index in [1.165, 1.54) is 16.7 Å². The molecular weight excluding hydrogens is 519 g/mol. The van der Waals surface area contributed by atoms with Gasteiger partial charge in [-0.1, -0.05) is 114 Å². The predicted molar refractivity (Wildman–Crippen MR) is 165 cm³/mol. The molecule has 4 heteroatoms. The van der Waals surface area contributed by atoms with Gasteiger partial charge in [0, 0.05) is 37.8 Å². The van der Waals surface area contributed by atoms with Crippen LogP contribution in [0.3, 0.4) is 0 Å². The van der Waals surface area contributed by atoms with Gasteiger partial charge in [-0.15, -0.1) is 0 Å². The molecule has 0 aliphatic heterocycles. The number of hydrogen-bond acceptors (Lipinski definition) is 0. The Labute approximate surface area is 236 Å². The lowest BCUT2D eigenvalue weighted by Gasteiger charge is -2.22. The quantitative estimate of drug-likeness (QED) is 0.216. The molecule has 0 radical (unpaired) electrons. The van der Waals surface area contributed by atoms with E-state index < -0.39 is 0 Å². The zero-order chi connectivity index (χ0) is 26.3. The van der Waals surface area contributed by atoms with Crippen molar-refractivity contribution >= 4 is 45.0 Å². The number of halogens is 2. The third kappa shape index (κ3) is 4.23. The number of aromatic amines is 2. The molecular formula is C35H24Cl2N2. The maximum Gasteiger partial charge on any atom is 0.0507 e. The van der Waals surface area contributed by atoms with Gasteiger partial charge in [-0.05, 0) is 64.2 Å². The number of benzene rings is 5. The summed E-state index contributed by atoms with van der Waals surface area (Å²) in [6.07, 6.45) is 0. The van der Waals surface area contributed by atoms with Gasteiger partial charge >= 0.3 is 0 Å². The monoisotopic (exact) mass is 542 g/mol. The summed E-state index contributed by atoms with van der Waals surface area (Å²) in [4.78, 5) is 7.49. The molecule has 2 aromatic heterocycles. The molecule has 39 heavy (non-hydrogen) atoms. The van der Waals surface area contributed by atoms with E-state index in [4.69, 9.17) is 23.2 Å². The SMILES string of the molecule is Clc1ccc2[nH]c(-c3ccccc3)c(C(c3ccccc3)c3c(-c4ccccc4)[nH]c4ccc(Cl)cc34)c2c1. The summed E-state index contributed by atoms with van der Waals surface area (Å²) < 4.78 is 0. The number of fused-ring (bicyclic) bond motifs is 2. The van der Waals surface area contributed by atoms with Gasteiger partial charge in [0.25, 0.3) is 0 Å². The van der Waals surface area contributed by atoms with Gasteiger partial charge in [-0.25, -0.2) is 0 Å². The van der Waals surface area contributed by atoms with Crippen LogP contribution in [0.25, 0.3) is 44.3 Å². The van der Waals surface area contributed by atoms with Crippen LogP contribution < -0.4 is 0 Å². The first-order valence-electron chi connectivity index (χ1n) is 13.0. The minimum Gasteiger partial charge on any atom is -0.354 e. The molecule has 5 aromatic carbocycles. The van der Waals surface area contributed by atoms with E-state index in [0.717, 1.165) is 44.3 Å². The molecule has 2 nitrogen and oxygen atoms in total. The molecule has 0 aliphatic rings. The second-order valence-corrected chi connectivity index (χ2v) is 10.7. The van der Waals surface area contributed by atoms with Crippen molar-refractivity contribution in [1.29, 1.82) is 0 Å². The summed E-state index contributed by atoms with van der Waals surface area (Å²) in [6, 6.07) is 43.9. The number of aromatic nitrogens is 2. The maximum atomic E-state index is 6.63. The van der Waals surface area contributed by atoms with Crippen molar-refractivity contribution in [1.82, 2.24) is 9.97 Å². The Hall–Kier alpha value is -4.24. The van der Waals surface area contributed by atoms with E-state index in [9.17, 15) is 0 Å². The Morgan fingerprint density at radius 1 is 0.462 bits per heavy atom. The maximum absolute atomic E-state index is 6.63. The fraction of sp³-hybridized carbons (Fsp3) is 0.0286. The first kappa shape index (κ1) is 23.8. The Bertz CT molecular complexity index is 1800. The number of hydrogen-bond donors (Lipinski definition) is 2. The van der Waals surface area contributed by atoms with Crippen LogP contribution in [-0.4, -0.2) is 9.97 Å². The lowest BCUT2D eigenvalue weighted by atomic mass is 9.80. The van der Waals surface area contributed by atoms with E-state index in [2.05, 4.69) is 113 Å². The highest BCUT2D eigenvalue weighted by atomic mass is 35.5. The van der Waals surface area contributed by atoms with Gasteiger partial charge in [-0.3, -0.25) is 0 Å². The molecule has 0 atom stereocenters. The minimum atomic E-state index is -0.115. The van der Waals surface area contributed by atoms with Gasteiger partial charge in [0.15, 0.2) is 0 Å². The topological polar surface area (TPSA) is 31.6 Å². The summed E-state index contributed by atoms with van der Waals surface area (Å²) in [6.45, 7) is 0. The van der Waals surface area contributed by atoms with Crippen LogP contribution in [0.15, 0.2) is 127 Å². The zero-order valence-corrected chi connectivity index (χ0v) is 22.5. The van der Waals surface area contributed by atoms with Crippen molar-refractivity contribution < 1.29 is 0 Å². The minimum absolute atomic E-state index is 0.115. The number of rotatable bonds is 5. The highest BCUT2D eigenvalue weighted by Crippen LogP contribution is 2.48. The third-order valence-electron chi connectivity index (χ3n) is 7.44. The normalized spacial score (nSPS) is 11.6. The summed E-state index contributed by atoms with van der Waals surface area (Å²) in [5, 5.41) is 3.62. The Kier molecular flexibility index (Phi) is 6.00. The second-order valence-electron chi connectivity index (χ2n) is 9.78. The highest BCUT2D eigenvalue weighted by Gasteiger charge is 2.30. The van der Waals surface area contributed by atoms with E-state index in [0.29, 0.717) is 10.0 Å². The average molecular weight is 543 g/mol. The van der Waals surface area contributed by atoms with E-state index >= 15 is 0 Å². The van der Waals surface area contributed by atoms with Crippen molar-refractivity contribution in [3.05, 3.63) is 154 Å². The molecule has 0 unspecified atom stereocenters. The van der Waals surface area contributed by atoms with Crippen molar-refractivity contribution in [3.8, 4) is 22.5 Å². The smallest absolute Gasteiger partial charge is 0.0507 e. The van der Waals surface area contributed by atoms with Crippen LogP contribution in [0.1, 0.15) is 22.6 Å². The van der Waals surface area contributed by atoms with Crippen molar-refractivity contribution in [2.45, 2.75) is 5.92 Å². The van der Waals surface area contributed by atoms with Crippen molar-refractivity contribution in [2.75, 3.05) is 0 Å². The predicted octanol–water partition coefficient (Wildman–Crippen LogP) is 10.5. The molecule has 2 N–H and O–H groups in total. The molecule has 0 bridgehead atoms. The standard InChI is InChI=1S/C35H24Cl2N2/c36-25-16-18-29-27(20-25)32(34(38-29)23-12-6-2-7-13-23)31(22-10-4-1-5-11-22)33-28-21-26(37)17-19-30(28)39-35(33)24-14-8-3-9-15-24/h1-21,31,38-39H. The Morgan fingerprint density at radius 3 is 1.31 bits per heavy atom. The van der Waals surface area contributed by atoms with Crippen LogP contribution in [0, 0.1) is 0 Å². The molecule has 188 valence electrons. The summed E-state index contributed by atoms with van der Waals surface area (Å²) >= 11 is 13.3. The largest absolute Gasteiger partial charge is 0.354 e. The number of H-pyrrole nitrogens is 2. The molecule has 0 spiro atoms. The van der Waals surface area contributed by atoms with E-state index in [1.54, 1.807) is 0 Å². The van der Waals surface area contributed by atoms with Gasteiger partial charge in [0.2, 0.25) is 0 Å². The first-order valence-corrected chi connectivity index (χ1v) is 13.7. The van der Waals surface area contributed by atoms with Crippen molar-refractivity contribution in [2.24, 2.45) is 0 Å². The first-order chi connectivity index (χ1) is 19.2. The van der Waals surface area contributed by atoms with Crippen LogP contribution in [0.5, 0.6) is 0 Å². The van der Waals surface area contributed by atoms with Crippen LogP contribution in [0.2, 0.25) is 10.0 Å². The lowest BCUT2D eigenvalue weighted by Crippen LogP contribution is -2.06. The summed E-state index contributed by atoms with van der Waals surface area (Å²) in [7, 11) is 0. The molecule has 0 fully saturated rings. The van der Waals surface area contributed by atoms with Crippen LogP contribution in [-0.2, 0) is 0 Å². The van der Waals surface area contributed by atoms with Gasteiger partial charge in [0.1, 0.15) is 0 Å². The van der Waals surface area contributed by atoms with Crippen molar-refractivity contribution in [3.63, 3.8) is 0 Å². The highest BCUT2D eigenvalue weighted by molar-refractivity contribution is 6.31. The van der Waals surface area contributed by atoms with Gasteiger partial charge in [-0.2, -0.15) is 0 Å². The zero-order valence-electron chi connectivity index (χ0n) is 21.0. The van der Waals surface area contributed by atoms with Crippen LogP contribution in [0.4, 0.5) is 0 Å². The fourth-order valence-corrected chi connectivity index (χ4v) is 6.10. The molecule has 7 aromatic rings. The average Bonchev–Trinajstić information content (AvgIpc) is 3.54. The second kappa shape index (κ2) is 9.81.